The lowest BCUT2D eigenvalue weighted by Gasteiger charge is -2.43. The van der Waals surface area contributed by atoms with E-state index in [-0.39, 0.29) is 23.9 Å². The Kier molecular flexibility index (Phi) is 6.31. The number of hydrogen-bond donors (Lipinski definition) is 1. The highest BCUT2D eigenvalue weighted by molar-refractivity contribution is 6.30. The van der Waals surface area contributed by atoms with Crippen molar-refractivity contribution >= 4 is 34.8 Å². The number of carbonyl (C=O) groups excluding carboxylic acids is 2. The van der Waals surface area contributed by atoms with E-state index in [0.29, 0.717) is 23.6 Å². The van der Waals surface area contributed by atoms with Crippen LogP contribution < -0.4 is 15.5 Å². The van der Waals surface area contributed by atoms with Crippen LogP contribution in [0, 0.1) is 0 Å². The van der Waals surface area contributed by atoms with E-state index >= 15 is 0 Å². The maximum absolute atomic E-state index is 13.5. The number of rotatable bonds is 4. The Balaban J connectivity index is 1.75. The van der Waals surface area contributed by atoms with Crippen LogP contribution in [0.1, 0.15) is 47.8 Å². The van der Waals surface area contributed by atoms with E-state index in [0.717, 1.165) is 22.5 Å². The van der Waals surface area contributed by atoms with E-state index in [1.54, 1.807) is 24.0 Å². The van der Waals surface area contributed by atoms with Crippen LogP contribution in [0.3, 0.4) is 0 Å². The Morgan fingerprint density at radius 2 is 1.69 bits per heavy atom. The van der Waals surface area contributed by atoms with E-state index in [1.807, 2.05) is 72.5 Å². The molecule has 0 fully saturated rings. The number of para-hydroxylation sites is 1. The first-order valence-corrected chi connectivity index (χ1v) is 11.1. The van der Waals surface area contributed by atoms with E-state index in [2.05, 4.69) is 0 Å². The molecule has 1 aliphatic heterocycles. The molecule has 0 saturated carbocycles. The van der Waals surface area contributed by atoms with E-state index in [9.17, 15) is 9.59 Å². The van der Waals surface area contributed by atoms with Crippen molar-refractivity contribution in [1.82, 2.24) is 0 Å². The largest absolute Gasteiger partial charge is 0.326 e. The third-order valence-electron chi connectivity index (χ3n) is 5.97. The average molecular weight is 448 g/mol. The number of nitrogens with zero attached hydrogens (tertiary/aromatic N) is 2. The Hall–Kier alpha value is -3.15. The molecule has 5 nitrogen and oxygen atoms in total. The maximum atomic E-state index is 13.5. The normalized spacial score (nSPS) is 17.6. The molecule has 0 aliphatic carbocycles. The second-order valence-corrected chi connectivity index (χ2v) is 8.54. The van der Waals surface area contributed by atoms with Crippen LogP contribution in [0.5, 0.6) is 0 Å². The highest BCUT2D eigenvalue weighted by Crippen LogP contribution is 2.42. The molecule has 0 spiro atoms. The highest BCUT2D eigenvalue weighted by Gasteiger charge is 2.38. The van der Waals surface area contributed by atoms with Gasteiger partial charge in [-0.05, 0) is 66.9 Å². The molecule has 0 aromatic heterocycles. The molecule has 3 aromatic rings. The smallest absolute Gasteiger partial charge is 0.258 e. The van der Waals surface area contributed by atoms with E-state index in [1.165, 1.54) is 0 Å². The van der Waals surface area contributed by atoms with Gasteiger partial charge in [0, 0.05) is 41.5 Å². The van der Waals surface area contributed by atoms with Crippen LogP contribution in [0.2, 0.25) is 5.02 Å². The minimum absolute atomic E-state index is 0.0588. The molecule has 0 saturated heterocycles. The van der Waals surface area contributed by atoms with Crippen LogP contribution in [0.4, 0.5) is 11.4 Å². The van der Waals surface area contributed by atoms with Crippen molar-refractivity contribution in [3.8, 4) is 0 Å². The fraction of sp³-hybridized carbons (Fsp3) is 0.231. The zero-order chi connectivity index (χ0) is 22.8. The van der Waals surface area contributed by atoms with Crippen molar-refractivity contribution in [2.24, 2.45) is 5.73 Å². The summed E-state index contributed by atoms with van der Waals surface area (Å²) in [5.74, 6) is -0.121. The quantitative estimate of drug-likeness (QED) is 0.587. The summed E-state index contributed by atoms with van der Waals surface area (Å²) in [5.41, 5.74) is 9.84. The zero-order valence-electron chi connectivity index (χ0n) is 18.2. The average Bonchev–Trinajstić information content (AvgIpc) is 2.80. The van der Waals surface area contributed by atoms with Gasteiger partial charge in [-0.1, -0.05) is 41.9 Å². The Bertz CT molecular complexity index is 1130. The van der Waals surface area contributed by atoms with Gasteiger partial charge in [0.05, 0.1) is 6.04 Å². The molecule has 32 heavy (non-hydrogen) atoms. The Morgan fingerprint density at radius 1 is 1.03 bits per heavy atom. The van der Waals surface area contributed by atoms with Crippen LogP contribution >= 0.6 is 11.6 Å². The van der Waals surface area contributed by atoms with Crippen molar-refractivity contribution in [3.05, 3.63) is 94.5 Å². The van der Waals surface area contributed by atoms with Gasteiger partial charge in [0.25, 0.3) is 5.91 Å². The molecule has 0 radical (unpaired) electrons. The van der Waals surface area contributed by atoms with Gasteiger partial charge < -0.3 is 15.5 Å². The third kappa shape index (κ3) is 4.14. The van der Waals surface area contributed by atoms with E-state index in [4.69, 9.17) is 17.3 Å². The first-order valence-electron chi connectivity index (χ1n) is 10.7. The van der Waals surface area contributed by atoms with Crippen molar-refractivity contribution in [2.45, 2.75) is 38.9 Å². The molecule has 2 amide bonds. The molecule has 2 unspecified atom stereocenters. The van der Waals surface area contributed by atoms with Crippen molar-refractivity contribution in [3.63, 3.8) is 0 Å². The molecule has 2 N–H and O–H groups in total. The maximum Gasteiger partial charge on any atom is 0.258 e. The molecule has 2 atom stereocenters. The predicted molar refractivity (Wildman–Crippen MR) is 129 cm³/mol. The van der Waals surface area contributed by atoms with Crippen LogP contribution in [0.15, 0.2) is 72.8 Å². The van der Waals surface area contributed by atoms with Crippen molar-refractivity contribution in [1.29, 1.82) is 0 Å². The fourth-order valence-electron chi connectivity index (χ4n) is 4.44. The highest BCUT2D eigenvalue weighted by atomic mass is 35.5. The second kappa shape index (κ2) is 9.15. The van der Waals surface area contributed by atoms with Crippen molar-refractivity contribution in [2.75, 3.05) is 9.80 Å². The number of halogens is 1. The monoisotopic (exact) mass is 447 g/mol. The van der Waals surface area contributed by atoms with Crippen LogP contribution in [0.25, 0.3) is 0 Å². The van der Waals surface area contributed by atoms with Crippen molar-refractivity contribution < 1.29 is 9.59 Å². The third-order valence-corrected chi connectivity index (χ3v) is 6.22. The molecule has 1 aliphatic rings. The summed E-state index contributed by atoms with van der Waals surface area (Å²) in [5, 5.41) is 0.618. The lowest BCUT2D eigenvalue weighted by atomic mass is 9.89. The summed E-state index contributed by atoms with van der Waals surface area (Å²) in [6.07, 6.45) is 0.617. The number of carbonyl (C=O) groups is 2. The first-order chi connectivity index (χ1) is 15.4. The number of hydrogen-bond acceptors (Lipinski definition) is 3. The topological polar surface area (TPSA) is 66.6 Å². The van der Waals surface area contributed by atoms with Crippen LogP contribution in [-0.2, 0) is 11.3 Å². The van der Waals surface area contributed by atoms with Gasteiger partial charge in [0.2, 0.25) is 5.91 Å². The minimum Gasteiger partial charge on any atom is -0.326 e. The standard InChI is InChI=1S/C26H26ClN3O2/c1-17-15-25(30(18(2)31)22-13-11-21(27)12-14-22)23-5-3-4-6-24(23)29(17)26(32)20-9-7-19(16-28)8-10-20/h3-14,17,25H,15-16,28H2,1-2H3. The summed E-state index contributed by atoms with van der Waals surface area (Å²) in [7, 11) is 0. The first kappa shape index (κ1) is 22.1. The lowest BCUT2D eigenvalue weighted by Crippen LogP contribution is -2.47. The minimum atomic E-state index is -0.191. The SMILES string of the molecule is CC(=O)N(c1ccc(Cl)cc1)C1CC(C)N(C(=O)c2ccc(CN)cc2)c2ccccc21. The lowest BCUT2D eigenvalue weighted by molar-refractivity contribution is -0.117. The molecule has 1 heterocycles. The summed E-state index contributed by atoms with van der Waals surface area (Å²) in [4.78, 5) is 29.9. The number of anilines is 2. The van der Waals surface area contributed by atoms with Gasteiger partial charge in [0.1, 0.15) is 0 Å². The Morgan fingerprint density at radius 3 is 2.31 bits per heavy atom. The summed E-state index contributed by atoms with van der Waals surface area (Å²) >= 11 is 6.06. The van der Waals surface area contributed by atoms with Gasteiger partial charge in [-0.25, -0.2) is 0 Å². The Labute approximate surface area is 193 Å². The summed E-state index contributed by atoms with van der Waals surface area (Å²) in [6, 6.07) is 22.2. The molecular weight excluding hydrogens is 422 g/mol. The van der Waals surface area contributed by atoms with Gasteiger partial charge in [-0.15, -0.1) is 0 Å². The van der Waals surface area contributed by atoms with E-state index < -0.39 is 0 Å². The number of benzene rings is 3. The molecular formula is C26H26ClN3O2. The number of nitrogens with two attached hydrogens (primary N) is 1. The fourth-order valence-corrected chi connectivity index (χ4v) is 4.57. The van der Waals surface area contributed by atoms with Gasteiger partial charge in [0.15, 0.2) is 0 Å². The summed E-state index contributed by atoms with van der Waals surface area (Å²) in [6.45, 7) is 4.03. The molecule has 0 bridgehead atoms. The number of fused-ring (bicyclic) bond motifs is 1. The molecule has 4 rings (SSSR count). The van der Waals surface area contributed by atoms with Gasteiger partial charge in [-0.3, -0.25) is 9.59 Å². The predicted octanol–water partition coefficient (Wildman–Crippen LogP) is 5.33. The molecule has 3 aromatic carbocycles. The van der Waals surface area contributed by atoms with Gasteiger partial charge in [-0.2, -0.15) is 0 Å². The molecule has 6 heteroatoms. The zero-order valence-corrected chi connectivity index (χ0v) is 18.9. The number of amides is 2. The molecule has 164 valence electrons. The van der Waals surface area contributed by atoms with Crippen LogP contribution in [-0.4, -0.2) is 17.9 Å². The summed E-state index contributed by atoms with van der Waals surface area (Å²) < 4.78 is 0. The second-order valence-electron chi connectivity index (χ2n) is 8.10. The van der Waals surface area contributed by atoms with Gasteiger partial charge >= 0.3 is 0 Å².